The van der Waals surface area contributed by atoms with Crippen molar-refractivity contribution in [3.05, 3.63) is 58.1 Å². The predicted molar refractivity (Wildman–Crippen MR) is 103 cm³/mol. The van der Waals surface area contributed by atoms with Gasteiger partial charge in [0, 0.05) is 23.4 Å². The highest BCUT2D eigenvalue weighted by atomic mass is 19.3. The lowest BCUT2D eigenvalue weighted by Crippen LogP contribution is -2.27. The van der Waals surface area contributed by atoms with Crippen molar-refractivity contribution in [2.75, 3.05) is 12.4 Å². The van der Waals surface area contributed by atoms with Crippen molar-refractivity contribution >= 4 is 23.1 Å². The summed E-state index contributed by atoms with van der Waals surface area (Å²) in [6.07, 6.45) is -1.09. The van der Waals surface area contributed by atoms with Gasteiger partial charge in [0.1, 0.15) is 0 Å². The number of amidine groups is 1. The minimum atomic E-state index is -3.02. The summed E-state index contributed by atoms with van der Waals surface area (Å²) in [6.45, 7) is -1.63. The number of hydrogen-bond donors (Lipinski definition) is 2. The number of oxime groups is 1. The second kappa shape index (κ2) is 10.0. The minimum Gasteiger partial charge on any atom is -0.493 e. The number of nitro benzene ring substituents is 1. The van der Waals surface area contributed by atoms with Crippen molar-refractivity contribution in [3.8, 4) is 11.5 Å². The molecule has 160 valence electrons. The predicted octanol–water partition coefficient (Wildman–Crippen LogP) is 2.87. The number of ether oxygens (including phenoxy) is 2. The fraction of sp³-hybridized carbons (Fsp3) is 0.222. The van der Waals surface area contributed by atoms with Crippen LogP contribution >= 0.6 is 0 Å². The van der Waals surface area contributed by atoms with Crippen LogP contribution in [-0.4, -0.2) is 36.5 Å². The molecule has 0 spiro atoms. The molecule has 0 heterocycles. The molecule has 0 aromatic heterocycles. The van der Waals surface area contributed by atoms with Crippen LogP contribution in [0.3, 0.4) is 0 Å². The Hall–Kier alpha value is -3.96. The summed E-state index contributed by atoms with van der Waals surface area (Å²) in [6, 6.07) is 9.27. The van der Waals surface area contributed by atoms with Crippen molar-refractivity contribution in [1.29, 1.82) is 0 Å². The number of nitro groups is 1. The van der Waals surface area contributed by atoms with Crippen LogP contribution in [0, 0.1) is 10.1 Å². The summed E-state index contributed by atoms with van der Waals surface area (Å²) in [5.74, 6) is -0.950. The highest BCUT2D eigenvalue weighted by Crippen LogP contribution is 2.29. The summed E-state index contributed by atoms with van der Waals surface area (Å²) in [7, 11) is 1.27. The third kappa shape index (κ3) is 6.02. The first kappa shape index (κ1) is 22.3. The molecule has 3 N–H and O–H groups in total. The normalized spacial score (nSPS) is 12.2. The van der Waals surface area contributed by atoms with Gasteiger partial charge in [0.15, 0.2) is 17.3 Å². The summed E-state index contributed by atoms with van der Waals surface area (Å²) >= 11 is 0. The molecule has 0 saturated heterocycles. The lowest BCUT2D eigenvalue weighted by atomic mass is 10.2. The number of carbonyl (C=O) groups is 1. The number of methoxy groups -OCH3 is 1. The van der Waals surface area contributed by atoms with Gasteiger partial charge in [-0.1, -0.05) is 11.2 Å². The molecule has 2 aromatic rings. The van der Waals surface area contributed by atoms with Gasteiger partial charge >= 0.3 is 6.61 Å². The molecular formula is C18H18F2N4O6. The molecule has 1 unspecified atom stereocenters. The number of amides is 1. The molecule has 0 aliphatic heterocycles. The van der Waals surface area contributed by atoms with E-state index in [1.54, 1.807) is 0 Å². The summed E-state index contributed by atoms with van der Waals surface area (Å²) < 4.78 is 34.1. The van der Waals surface area contributed by atoms with Gasteiger partial charge in [0.25, 0.3) is 11.6 Å². The molecule has 1 atom stereocenters. The molecule has 0 bridgehead atoms. The van der Waals surface area contributed by atoms with E-state index in [4.69, 9.17) is 15.3 Å². The number of benzene rings is 2. The number of anilines is 1. The van der Waals surface area contributed by atoms with Crippen molar-refractivity contribution in [2.24, 2.45) is 10.9 Å². The molecule has 2 aromatic carbocycles. The van der Waals surface area contributed by atoms with Gasteiger partial charge in [0.2, 0.25) is 6.10 Å². The first-order valence-electron chi connectivity index (χ1n) is 8.39. The number of nitrogens with two attached hydrogens (primary N) is 1. The average molecular weight is 424 g/mol. The molecule has 30 heavy (non-hydrogen) atoms. The molecule has 12 heteroatoms. The summed E-state index contributed by atoms with van der Waals surface area (Å²) in [5.41, 5.74) is 6.10. The minimum absolute atomic E-state index is 0.00223. The lowest BCUT2D eigenvalue weighted by molar-refractivity contribution is -0.384. The first-order chi connectivity index (χ1) is 14.2. The number of nitrogens with zero attached hydrogens (tertiary/aromatic N) is 2. The van der Waals surface area contributed by atoms with Crippen LogP contribution < -0.4 is 20.5 Å². The highest BCUT2D eigenvalue weighted by molar-refractivity contribution is 5.98. The van der Waals surface area contributed by atoms with Gasteiger partial charge in [-0.25, -0.2) is 0 Å². The fourth-order valence-corrected chi connectivity index (χ4v) is 2.20. The highest BCUT2D eigenvalue weighted by Gasteiger charge is 2.17. The fourth-order valence-electron chi connectivity index (χ4n) is 2.20. The van der Waals surface area contributed by atoms with Gasteiger partial charge in [-0.3, -0.25) is 14.9 Å². The Labute approximate surface area is 169 Å². The molecule has 1 amide bonds. The van der Waals surface area contributed by atoms with Gasteiger partial charge in [0.05, 0.1) is 12.0 Å². The summed E-state index contributed by atoms with van der Waals surface area (Å²) in [5, 5.41) is 16.9. The van der Waals surface area contributed by atoms with Crippen LogP contribution in [0.25, 0.3) is 0 Å². The third-order valence-corrected chi connectivity index (χ3v) is 3.68. The largest absolute Gasteiger partial charge is 0.493 e. The van der Waals surface area contributed by atoms with Crippen LogP contribution in [-0.2, 0) is 9.63 Å². The zero-order valence-electron chi connectivity index (χ0n) is 15.9. The standard InChI is InChI=1S/C18H18F2N4O6/c1-10(17(25)22-12-4-3-5-13(9-12)24(26)27)30-23-16(21)11-6-7-14(29-18(19)20)15(8-11)28-2/h3-10,18H,1-2H3,(H2,21,23)(H,22,25). The van der Waals surface area contributed by atoms with E-state index in [9.17, 15) is 23.7 Å². The SMILES string of the molecule is COc1cc(/C(N)=N/OC(C)C(=O)Nc2cccc([N+](=O)[O-])c2)ccc1OC(F)F. The maximum absolute atomic E-state index is 12.4. The maximum Gasteiger partial charge on any atom is 0.387 e. The van der Waals surface area contributed by atoms with Crippen molar-refractivity contribution < 1.29 is 32.8 Å². The smallest absolute Gasteiger partial charge is 0.387 e. The van der Waals surface area contributed by atoms with E-state index >= 15 is 0 Å². The van der Waals surface area contributed by atoms with E-state index in [1.807, 2.05) is 0 Å². The number of halogens is 2. The third-order valence-electron chi connectivity index (χ3n) is 3.68. The zero-order valence-corrected chi connectivity index (χ0v) is 15.9. The van der Waals surface area contributed by atoms with Crippen molar-refractivity contribution in [3.63, 3.8) is 0 Å². The number of hydrogen-bond acceptors (Lipinski definition) is 7. The second-order valence-corrected chi connectivity index (χ2v) is 5.76. The van der Waals surface area contributed by atoms with E-state index in [0.29, 0.717) is 0 Å². The van der Waals surface area contributed by atoms with Crippen LogP contribution in [0.1, 0.15) is 12.5 Å². The molecular weight excluding hydrogens is 406 g/mol. The Morgan fingerprint density at radius 2 is 1.97 bits per heavy atom. The Balaban J connectivity index is 2.04. The van der Waals surface area contributed by atoms with E-state index < -0.39 is 23.5 Å². The molecule has 2 rings (SSSR count). The Morgan fingerprint density at radius 3 is 2.60 bits per heavy atom. The molecule has 0 radical (unpaired) electrons. The monoisotopic (exact) mass is 424 g/mol. The van der Waals surface area contributed by atoms with Crippen LogP contribution in [0.5, 0.6) is 11.5 Å². The van der Waals surface area contributed by atoms with E-state index in [1.165, 1.54) is 56.5 Å². The van der Waals surface area contributed by atoms with Gasteiger partial charge < -0.3 is 25.4 Å². The van der Waals surface area contributed by atoms with E-state index in [2.05, 4.69) is 15.2 Å². The number of alkyl halides is 2. The van der Waals surface area contributed by atoms with E-state index in [0.717, 1.165) is 0 Å². The lowest BCUT2D eigenvalue weighted by Gasteiger charge is -2.12. The van der Waals surface area contributed by atoms with Crippen LogP contribution in [0.2, 0.25) is 0 Å². The van der Waals surface area contributed by atoms with Crippen LogP contribution in [0.15, 0.2) is 47.6 Å². The number of carbonyl (C=O) groups excluding carboxylic acids is 1. The van der Waals surface area contributed by atoms with Gasteiger partial charge in [-0.2, -0.15) is 8.78 Å². The molecule has 0 fully saturated rings. The number of rotatable bonds is 9. The first-order valence-corrected chi connectivity index (χ1v) is 8.39. The average Bonchev–Trinajstić information content (AvgIpc) is 2.71. The van der Waals surface area contributed by atoms with Gasteiger partial charge in [-0.05, 0) is 31.2 Å². The topological polar surface area (TPSA) is 138 Å². The zero-order chi connectivity index (χ0) is 22.3. The van der Waals surface area contributed by atoms with Crippen molar-refractivity contribution in [1.82, 2.24) is 0 Å². The van der Waals surface area contributed by atoms with Crippen molar-refractivity contribution in [2.45, 2.75) is 19.6 Å². The quantitative estimate of drug-likeness (QED) is 0.273. The number of nitrogens with one attached hydrogen (secondary N) is 1. The Morgan fingerprint density at radius 1 is 1.23 bits per heavy atom. The van der Waals surface area contributed by atoms with Gasteiger partial charge in [-0.15, -0.1) is 0 Å². The van der Waals surface area contributed by atoms with E-state index in [-0.39, 0.29) is 34.3 Å². The molecule has 0 aliphatic rings. The molecule has 0 saturated carbocycles. The molecule has 10 nitrogen and oxygen atoms in total. The summed E-state index contributed by atoms with van der Waals surface area (Å²) in [4.78, 5) is 27.4. The Kier molecular flexibility index (Phi) is 7.44. The second-order valence-electron chi connectivity index (χ2n) is 5.76. The number of non-ortho nitro benzene ring substituents is 1. The maximum atomic E-state index is 12.4. The van der Waals surface area contributed by atoms with Crippen LogP contribution in [0.4, 0.5) is 20.2 Å². The molecule has 0 aliphatic carbocycles. The Bertz CT molecular complexity index is 954.